The SMILES string of the molecule is Cc1ccc(N2CC(C(=O)NCc3ccccc3Cn3cccn3)CC2=O)cc1. The van der Waals surface area contributed by atoms with Crippen molar-refractivity contribution in [2.75, 3.05) is 11.4 Å². The second-order valence-electron chi connectivity index (χ2n) is 7.43. The molecule has 1 atom stereocenters. The van der Waals surface area contributed by atoms with Crippen molar-refractivity contribution in [3.8, 4) is 0 Å². The van der Waals surface area contributed by atoms with Crippen LogP contribution >= 0.6 is 0 Å². The zero-order chi connectivity index (χ0) is 20.2. The molecule has 0 bridgehead atoms. The minimum atomic E-state index is -0.331. The Labute approximate surface area is 170 Å². The Kier molecular flexibility index (Phi) is 5.42. The van der Waals surface area contributed by atoms with Gasteiger partial charge in [-0.3, -0.25) is 14.3 Å². The first-order valence-corrected chi connectivity index (χ1v) is 9.79. The molecule has 1 aromatic heterocycles. The molecular weight excluding hydrogens is 364 g/mol. The maximum atomic E-state index is 12.7. The van der Waals surface area contributed by atoms with Crippen LogP contribution in [-0.2, 0) is 22.7 Å². The summed E-state index contributed by atoms with van der Waals surface area (Å²) < 4.78 is 1.86. The van der Waals surface area contributed by atoms with Crippen LogP contribution in [0.5, 0.6) is 0 Å². The quantitative estimate of drug-likeness (QED) is 0.706. The second kappa shape index (κ2) is 8.31. The molecule has 0 radical (unpaired) electrons. The summed E-state index contributed by atoms with van der Waals surface area (Å²) in [5, 5.41) is 7.26. The molecule has 1 saturated heterocycles. The van der Waals surface area contributed by atoms with Crippen molar-refractivity contribution in [3.05, 3.63) is 83.7 Å². The van der Waals surface area contributed by atoms with Crippen LogP contribution in [0.4, 0.5) is 5.69 Å². The van der Waals surface area contributed by atoms with Gasteiger partial charge in [0.1, 0.15) is 0 Å². The van der Waals surface area contributed by atoms with Crippen LogP contribution in [0.2, 0.25) is 0 Å². The lowest BCUT2D eigenvalue weighted by molar-refractivity contribution is -0.126. The van der Waals surface area contributed by atoms with E-state index in [2.05, 4.69) is 10.4 Å². The number of hydrogen-bond acceptors (Lipinski definition) is 3. The summed E-state index contributed by atoms with van der Waals surface area (Å²) in [7, 11) is 0. The summed E-state index contributed by atoms with van der Waals surface area (Å²) in [5.74, 6) is -0.419. The van der Waals surface area contributed by atoms with Crippen molar-refractivity contribution < 1.29 is 9.59 Å². The van der Waals surface area contributed by atoms with E-state index in [0.717, 1.165) is 22.4 Å². The van der Waals surface area contributed by atoms with Crippen LogP contribution in [0.25, 0.3) is 0 Å². The average molecular weight is 388 g/mol. The third kappa shape index (κ3) is 4.37. The van der Waals surface area contributed by atoms with E-state index in [1.54, 1.807) is 11.1 Å². The van der Waals surface area contributed by atoms with Gasteiger partial charge in [0.25, 0.3) is 0 Å². The molecule has 0 spiro atoms. The maximum Gasteiger partial charge on any atom is 0.227 e. The fraction of sp³-hybridized carbons (Fsp3) is 0.261. The first-order valence-electron chi connectivity index (χ1n) is 9.79. The number of nitrogens with one attached hydrogen (secondary N) is 1. The van der Waals surface area contributed by atoms with E-state index < -0.39 is 0 Å². The van der Waals surface area contributed by atoms with Gasteiger partial charge in [0.05, 0.1) is 12.5 Å². The van der Waals surface area contributed by atoms with Crippen LogP contribution in [0.1, 0.15) is 23.1 Å². The Morgan fingerprint density at radius 3 is 2.59 bits per heavy atom. The smallest absolute Gasteiger partial charge is 0.227 e. The van der Waals surface area contributed by atoms with E-state index in [9.17, 15) is 9.59 Å². The van der Waals surface area contributed by atoms with E-state index in [1.807, 2.05) is 72.4 Å². The highest BCUT2D eigenvalue weighted by molar-refractivity contribution is 6.00. The van der Waals surface area contributed by atoms with Crippen molar-refractivity contribution in [2.24, 2.45) is 5.92 Å². The van der Waals surface area contributed by atoms with E-state index in [-0.39, 0.29) is 24.2 Å². The van der Waals surface area contributed by atoms with Crippen LogP contribution in [0.15, 0.2) is 67.0 Å². The van der Waals surface area contributed by atoms with Gasteiger partial charge in [0.2, 0.25) is 11.8 Å². The minimum Gasteiger partial charge on any atom is -0.352 e. The average Bonchev–Trinajstić information content (AvgIpc) is 3.37. The van der Waals surface area contributed by atoms with E-state index in [4.69, 9.17) is 0 Å². The van der Waals surface area contributed by atoms with Gasteiger partial charge in [-0.05, 0) is 36.2 Å². The summed E-state index contributed by atoms with van der Waals surface area (Å²) in [6.07, 6.45) is 3.91. The fourth-order valence-electron chi connectivity index (χ4n) is 3.64. The van der Waals surface area contributed by atoms with Crippen molar-refractivity contribution in [1.29, 1.82) is 0 Å². The summed E-state index contributed by atoms with van der Waals surface area (Å²) in [6.45, 7) is 3.52. The highest BCUT2D eigenvalue weighted by Gasteiger charge is 2.35. The molecule has 2 aromatic carbocycles. The summed E-state index contributed by atoms with van der Waals surface area (Å²) >= 11 is 0. The number of aryl methyl sites for hydroxylation is 1. The molecule has 4 rings (SSSR count). The molecule has 3 aromatic rings. The third-order valence-electron chi connectivity index (χ3n) is 5.30. The summed E-state index contributed by atoms with van der Waals surface area (Å²) in [4.78, 5) is 26.8. The molecule has 6 nitrogen and oxygen atoms in total. The van der Waals surface area contributed by atoms with E-state index >= 15 is 0 Å². The molecule has 1 fully saturated rings. The van der Waals surface area contributed by atoms with Crippen LogP contribution < -0.4 is 10.2 Å². The van der Waals surface area contributed by atoms with Gasteiger partial charge in [0, 0.05) is 37.6 Å². The largest absolute Gasteiger partial charge is 0.352 e. The van der Waals surface area contributed by atoms with Crippen molar-refractivity contribution in [1.82, 2.24) is 15.1 Å². The molecule has 1 N–H and O–H groups in total. The molecule has 0 saturated carbocycles. The maximum absolute atomic E-state index is 12.7. The Balaban J connectivity index is 1.38. The predicted molar refractivity (Wildman–Crippen MR) is 111 cm³/mol. The number of anilines is 1. The second-order valence-corrected chi connectivity index (χ2v) is 7.43. The minimum absolute atomic E-state index is 0.00640. The monoisotopic (exact) mass is 388 g/mol. The van der Waals surface area contributed by atoms with Gasteiger partial charge >= 0.3 is 0 Å². The molecular formula is C23H24N4O2. The molecule has 1 aliphatic heterocycles. The first kappa shape index (κ1) is 18.9. The normalized spacial score (nSPS) is 16.2. The molecule has 29 heavy (non-hydrogen) atoms. The van der Waals surface area contributed by atoms with Crippen LogP contribution in [0.3, 0.4) is 0 Å². The third-order valence-corrected chi connectivity index (χ3v) is 5.30. The molecule has 6 heteroatoms. The van der Waals surface area contributed by atoms with Gasteiger partial charge in [-0.2, -0.15) is 5.10 Å². The molecule has 148 valence electrons. The molecule has 2 amide bonds. The Morgan fingerprint density at radius 1 is 1.10 bits per heavy atom. The van der Waals surface area contributed by atoms with Gasteiger partial charge in [0.15, 0.2) is 0 Å². The molecule has 1 unspecified atom stereocenters. The fourth-order valence-corrected chi connectivity index (χ4v) is 3.64. The Bertz CT molecular complexity index is 996. The van der Waals surface area contributed by atoms with E-state index in [0.29, 0.717) is 19.6 Å². The summed E-state index contributed by atoms with van der Waals surface area (Å²) in [5.41, 5.74) is 4.15. The number of aromatic nitrogens is 2. The Morgan fingerprint density at radius 2 is 1.86 bits per heavy atom. The topological polar surface area (TPSA) is 67.2 Å². The number of carbonyl (C=O) groups is 2. The number of nitrogens with zero attached hydrogens (tertiary/aromatic N) is 3. The number of amides is 2. The van der Waals surface area contributed by atoms with Crippen molar-refractivity contribution >= 4 is 17.5 Å². The summed E-state index contributed by atoms with van der Waals surface area (Å²) in [6, 6.07) is 17.7. The lowest BCUT2D eigenvalue weighted by Crippen LogP contribution is -2.32. The molecule has 1 aliphatic rings. The van der Waals surface area contributed by atoms with Gasteiger partial charge in [-0.25, -0.2) is 0 Å². The number of rotatable bonds is 6. The number of benzene rings is 2. The van der Waals surface area contributed by atoms with E-state index in [1.165, 1.54) is 0 Å². The number of hydrogen-bond donors (Lipinski definition) is 1. The van der Waals surface area contributed by atoms with Crippen molar-refractivity contribution in [3.63, 3.8) is 0 Å². The first-order chi connectivity index (χ1) is 14.1. The Hall–Kier alpha value is -3.41. The standard InChI is InChI=1S/C23H24N4O2/c1-17-7-9-21(10-8-17)27-16-20(13-22(27)28)23(29)24-14-18-5-2-3-6-19(18)15-26-12-4-11-25-26/h2-12,20H,13-16H2,1H3,(H,24,29). The lowest BCUT2D eigenvalue weighted by Gasteiger charge is -2.17. The van der Waals surface area contributed by atoms with Crippen molar-refractivity contribution in [2.45, 2.75) is 26.4 Å². The highest BCUT2D eigenvalue weighted by Crippen LogP contribution is 2.25. The van der Waals surface area contributed by atoms with Crippen LogP contribution in [-0.4, -0.2) is 28.1 Å². The predicted octanol–water partition coefficient (Wildman–Crippen LogP) is 2.91. The van der Waals surface area contributed by atoms with Crippen LogP contribution in [0, 0.1) is 12.8 Å². The highest BCUT2D eigenvalue weighted by atomic mass is 16.2. The van der Waals surface area contributed by atoms with Gasteiger partial charge in [-0.1, -0.05) is 42.0 Å². The molecule has 0 aliphatic carbocycles. The zero-order valence-corrected chi connectivity index (χ0v) is 16.4. The zero-order valence-electron chi connectivity index (χ0n) is 16.4. The van der Waals surface area contributed by atoms with Gasteiger partial charge < -0.3 is 10.2 Å². The lowest BCUT2D eigenvalue weighted by atomic mass is 10.1. The number of carbonyl (C=O) groups excluding carboxylic acids is 2. The molecule has 2 heterocycles. The van der Waals surface area contributed by atoms with Gasteiger partial charge in [-0.15, -0.1) is 0 Å².